The number of rotatable bonds is 3. The molecular formula is C17H19NO. The first-order valence-electron chi connectivity index (χ1n) is 6.58. The summed E-state index contributed by atoms with van der Waals surface area (Å²) >= 11 is 0. The molecule has 0 saturated carbocycles. The van der Waals surface area contributed by atoms with Gasteiger partial charge in [-0.2, -0.15) is 0 Å². The van der Waals surface area contributed by atoms with E-state index in [4.69, 9.17) is 0 Å². The molecule has 0 aliphatic carbocycles. The summed E-state index contributed by atoms with van der Waals surface area (Å²) in [7, 11) is 0. The molecule has 98 valence electrons. The van der Waals surface area contributed by atoms with Gasteiger partial charge in [-0.3, -0.25) is 4.79 Å². The van der Waals surface area contributed by atoms with Gasteiger partial charge in [0.15, 0.2) is 0 Å². The van der Waals surface area contributed by atoms with Gasteiger partial charge in [-0.25, -0.2) is 0 Å². The number of benzene rings is 2. The van der Waals surface area contributed by atoms with Gasteiger partial charge in [0, 0.05) is 11.3 Å². The molecule has 2 aromatic carbocycles. The first-order chi connectivity index (χ1) is 9.11. The lowest BCUT2D eigenvalue weighted by molar-refractivity contribution is 0.102. The van der Waals surface area contributed by atoms with Gasteiger partial charge in [-0.15, -0.1) is 0 Å². The average molecular weight is 253 g/mol. The molecule has 0 unspecified atom stereocenters. The SMILES string of the molecule is CCc1ccc(C(=O)Nc2cccc(C)c2C)cc1. The number of hydrogen-bond acceptors (Lipinski definition) is 1. The predicted octanol–water partition coefficient (Wildman–Crippen LogP) is 4.12. The molecule has 0 aliphatic heterocycles. The van der Waals surface area contributed by atoms with Crippen LogP contribution >= 0.6 is 0 Å². The minimum atomic E-state index is -0.0589. The first kappa shape index (κ1) is 13.3. The van der Waals surface area contributed by atoms with Crippen molar-refractivity contribution in [2.24, 2.45) is 0 Å². The molecular weight excluding hydrogens is 234 g/mol. The highest BCUT2D eigenvalue weighted by molar-refractivity contribution is 6.04. The Hall–Kier alpha value is -2.09. The van der Waals surface area contributed by atoms with Crippen LogP contribution in [0, 0.1) is 13.8 Å². The Kier molecular flexibility index (Phi) is 4.00. The molecule has 0 atom stereocenters. The van der Waals surface area contributed by atoms with Gasteiger partial charge in [0.2, 0.25) is 0 Å². The van der Waals surface area contributed by atoms with Crippen LogP contribution in [0.25, 0.3) is 0 Å². The van der Waals surface area contributed by atoms with Crippen LogP contribution in [0.3, 0.4) is 0 Å². The van der Waals surface area contributed by atoms with E-state index in [9.17, 15) is 4.79 Å². The van der Waals surface area contributed by atoms with E-state index in [0.717, 1.165) is 17.7 Å². The van der Waals surface area contributed by atoms with Crippen molar-refractivity contribution in [1.82, 2.24) is 0 Å². The lowest BCUT2D eigenvalue weighted by Gasteiger charge is -2.10. The van der Waals surface area contributed by atoms with E-state index in [1.807, 2.05) is 56.3 Å². The molecule has 0 aromatic heterocycles. The van der Waals surface area contributed by atoms with Crippen molar-refractivity contribution < 1.29 is 4.79 Å². The van der Waals surface area contributed by atoms with Crippen LogP contribution in [0.15, 0.2) is 42.5 Å². The topological polar surface area (TPSA) is 29.1 Å². The van der Waals surface area contributed by atoms with E-state index in [2.05, 4.69) is 12.2 Å². The van der Waals surface area contributed by atoms with Gasteiger partial charge in [0.25, 0.3) is 5.91 Å². The van der Waals surface area contributed by atoms with Gasteiger partial charge in [0.1, 0.15) is 0 Å². The van der Waals surface area contributed by atoms with Crippen molar-refractivity contribution in [3.05, 3.63) is 64.7 Å². The first-order valence-corrected chi connectivity index (χ1v) is 6.58. The molecule has 2 heteroatoms. The van der Waals surface area contributed by atoms with E-state index in [1.54, 1.807) is 0 Å². The molecule has 1 N–H and O–H groups in total. The molecule has 2 rings (SSSR count). The van der Waals surface area contributed by atoms with Gasteiger partial charge >= 0.3 is 0 Å². The van der Waals surface area contributed by atoms with Crippen LogP contribution < -0.4 is 5.32 Å². The molecule has 2 nitrogen and oxygen atoms in total. The van der Waals surface area contributed by atoms with E-state index in [-0.39, 0.29) is 5.91 Å². The molecule has 0 heterocycles. The molecule has 0 radical (unpaired) electrons. The van der Waals surface area contributed by atoms with Crippen molar-refractivity contribution >= 4 is 11.6 Å². The third-order valence-electron chi connectivity index (χ3n) is 3.48. The second-order valence-corrected chi connectivity index (χ2v) is 4.75. The van der Waals surface area contributed by atoms with E-state index in [1.165, 1.54) is 11.1 Å². The lowest BCUT2D eigenvalue weighted by atomic mass is 10.1. The minimum absolute atomic E-state index is 0.0589. The van der Waals surface area contributed by atoms with Crippen molar-refractivity contribution in [2.75, 3.05) is 5.32 Å². The zero-order valence-electron chi connectivity index (χ0n) is 11.7. The lowest BCUT2D eigenvalue weighted by Crippen LogP contribution is -2.13. The summed E-state index contributed by atoms with van der Waals surface area (Å²) in [6, 6.07) is 13.7. The third kappa shape index (κ3) is 3.02. The van der Waals surface area contributed by atoms with E-state index >= 15 is 0 Å². The van der Waals surface area contributed by atoms with Gasteiger partial charge in [-0.05, 0) is 55.2 Å². The number of amides is 1. The summed E-state index contributed by atoms with van der Waals surface area (Å²) in [5.41, 5.74) is 5.10. The summed E-state index contributed by atoms with van der Waals surface area (Å²) in [5, 5.41) is 2.97. The molecule has 0 saturated heterocycles. The van der Waals surface area contributed by atoms with Crippen molar-refractivity contribution in [2.45, 2.75) is 27.2 Å². The fourth-order valence-electron chi connectivity index (χ4n) is 1.97. The third-order valence-corrected chi connectivity index (χ3v) is 3.48. The fourth-order valence-corrected chi connectivity index (χ4v) is 1.97. The second-order valence-electron chi connectivity index (χ2n) is 4.75. The predicted molar refractivity (Wildman–Crippen MR) is 79.7 cm³/mol. The highest BCUT2D eigenvalue weighted by atomic mass is 16.1. The Balaban J connectivity index is 2.18. The second kappa shape index (κ2) is 5.70. The summed E-state index contributed by atoms with van der Waals surface area (Å²) in [6.07, 6.45) is 0.985. The maximum atomic E-state index is 12.2. The van der Waals surface area contributed by atoms with E-state index in [0.29, 0.717) is 5.56 Å². The summed E-state index contributed by atoms with van der Waals surface area (Å²) < 4.78 is 0. The van der Waals surface area contributed by atoms with Gasteiger partial charge in [0.05, 0.1) is 0 Å². The Labute approximate surface area is 114 Å². The van der Waals surface area contributed by atoms with Gasteiger partial charge < -0.3 is 5.32 Å². The largest absolute Gasteiger partial charge is 0.322 e. The monoisotopic (exact) mass is 253 g/mol. The summed E-state index contributed by atoms with van der Waals surface area (Å²) in [6.45, 7) is 6.16. The van der Waals surface area contributed by atoms with Crippen molar-refractivity contribution in [1.29, 1.82) is 0 Å². The zero-order chi connectivity index (χ0) is 13.8. The number of carbonyl (C=O) groups is 1. The quantitative estimate of drug-likeness (QED) is 0.876. The number of hydrogen-bond donors (Lipinski definition) is 1. The molecule has 2 aromatic rings. The average Bonchev–Trinajstić information content (AvgIpc) is 2.44. The normalized spacial score (nSPS) is 10.3. The van der Waals surface area contributed by atoms with Crippen LogP contribution in [0.5, 0.6) is 0 Å². The molecule has 0 fully saturated rings. The molecule has 1 amide bonds. The van der Waals surface area contributed by atoms with Crippen molar-refractivity contribution in [3.63, 3.8) is 0 Å². The minimum Gasteiger partial charge on any atom is -0.322 e. The van der Waals surface area contributed by atoms with Crippen LogP contribution in [0.4, 0.5) is 5.69 Å². The molecule has 19 heavy (non-hydrogen) atoms. The number of aryl methyl sites for hydroxylation is 2. The van der Waals surface area contributed by atoms with E-state index < -0.39 is 0 Å². The number of anilines is 1. The number of carbonyl (C=O) groups excluding carboxylic acids is 1. The molecule has 0 bridgehead atoms. The fraction of sp³-hybridized carbons (Fsp3) is 0.235. The Morgan fingerprint density at radius 3 is 2.37 bits per heavy atom. The Morgan fingerprint density at radius 1 is 1.05 bits per heavy atom. The van der Waals surface area contributed by atoms with Crippen molar-refractivity contribution in [3.8, 4) is 0 Å². The van der Waals surface area contributed by atoms with Crippen LogP contribution in [0.1, 0.15) is 34.0 Å². The van der Waals surface area contributed by atoms with Crippen LogP contribution in [0.2, 0.25) is 0 Å². The standard InChI is InChI=1S/C17H19NO/c1-4-14-8-10-15(11-9-14)17(19)18-16-7-5-6-12(2)13(16)3/h5-11H,4H2,1-3H3,(H,18,19). The Bertz CT molecular complexity index is 585. The summed E-state index contributed by atoms with van der Waals surface area (Å²) in [4.78, 5) is 12.2. The summed E-state index contributed by atoms with van der Waals surface area (Å²) in [5.74, 6) is -0.0589. The zero-order valence-corrected chi connectivity index (χ0v) is 11.7. The molecule has 0 aliphatic rings. The maximum absolute atomic E-state index is 12.2. The highest BCUT2D eigenvalue weighted by Crippen LogP contribution is 2.19. The van der Waals surface area contributed by atoms with Crippen LogP contribution in [-0.4, -0.2) is 5.91 Å². The molecule has 0 spiro atoms. The van der Waals surface area contributed by atoms with Crippen LogP contribution in [-0.2, 0) is 6.42 Å². The van der Waals surface area contributed by atoms with Gasteiger partial charge in [-0.1, -0.05) is 31.2 Å². The number of nitrogens with one attached hydrogen (secondary N) is 1. The smallest absolute Gasteiger partial charge is 0.255 e. The maximum Gasteiger partial charge on any atom is 0.255 e. The highest BCUT2D eigenvalue weighted by Gasteiger charge is 2.08. The Morgan fingerprint density at radius 2 is 1.74 bits per heavy atom.